The molecule has 2 amide bonds. The number of hydrogen-bond acceptors (Lipinski definition) is 7. The van der Waals surface area contributed by atoms with Crippen molar-refractivity contribution in [1.82, 2.24) is 10.2 Å². The lowest BCUT2D eigenvalue weighted by atomic mass is 9.96. The number of halogens is 1. The second-order valence-corrected chi connectivity index (χ2v) is 10.6. The molecule has 3 aromatic rings. The van der Waals surface area contributed by atoms with Gasteiger partial charge in [-0.3, -0.25) is 4.79 Å². The van der Waals surface area contributed by atoms with E-state index in [9.17, 15) is 9.59 Å². The van der Waals surface area contributed by atoms with Crippen LogP contribution in [0.5, 0.6) is 17.2 Å². The van der Waals surface area contributed by atoms with Crippen LogP contribution in [0.15, 0.2) is 65.6 Å². The first-order valence-corrected chi connectivity index (χ1v) is 14.9. The van der Waals surface area contributed by atoms with Gasteiger partial charge in [-0.2, -0.15) is 0 Å². The van der Waals surface area contributed by atoms with E-state index in [-0.39, 0.29) is 5.91 Å². The molecule has 4 rings (SSSR count). The van der Waals surface area contributed by atoms with E-state index >= 15 is 0 Å². The van der Waals surface area contributed by atoms with Crippen LogP contribution in [0.3, 0.4) is 0 Å². The molecule has 224 valence electrons. The van der Waals surface area contributed by atoms with Crippen molar-refractivity contribution < 1.29 is 28.5 Å². The first-order valence-electron chi connectivity index (χ1n) is 13.3. The van der Waals surface area contributed by atoms with E-state index in [4.69, 9.17) is 30.5 Å². The zero-order chi connectivity index (χ0) is 30.6. The van der Waals surface area contributed by atoms with Crippen molar-refractivity contribution in [1.29, 1.82) is 0 Å². The minimum atomic E-state index is -0.439. The van der Waals surface area contributed by atoms with E-state index in [0.29, 0.717) is 48.6 Å². The topological polar surface area (TPSA) is 86.3 Å². The Bertz CT molecular complexity index is 1380. The molecule has 1 saturated heterocycles. The molecule has 42 heavy (non-hydrogen) atoms. The molecule has 0 atom stereocenters. The third-order valence-electron chi connectivity index (χ3n) is 6.49. The number of benzene rings is 3. The summed E-state index contributed by atoms with van der Waals surface area (Å²) >= 11 is 7.73. The minimum absolute atomic E-state index is 0.0435. The Labute approximate surface area is 256 Å². The summed E-state index contributed by atoms with van der Waals surface area (Å²) in [6.07, 6.45) is 3.26. The fourth-order valence-electron chi connectivity index (χ4n) is 4.41. The molecule has 0 aromatic heterocycles. The van der Waals surface area contributed by atoms with Gasteiger partial charge < -0.3 is 29.2 Å². The van der Waals surface area contributed by atoms with Crippen molar-refractivity contribution in [3.63, 3.8) is 0 Å². The van der Waals surface area contributed by atoms with Gasteiger partial charge >= 0.3 is 6.09 Å². The Morgan fingerprint density at radius 3 is 2.07 bits per heavy atom. The van der Waals surface area contributed by atoms with Crippen LogP contribution in [0.1, 0.15) is 22.3 Å². The van der Waals surface area contributed by atoms with E-state index < -0.39 is 6.09 Å². The molecule has 1 N–H and O–H groups in total. The van der Waals surface area contributed by atoms with Gasteiger partial charge in [-0.05, 0) is 84.3 Å². The molecular formula is C32H37ClN2O6S. The molecule has 0 spiro atoms. The van der Waals surface area contributed by atoms with Gasteiger partial charge in [0.25, 0.3) is 0 Å². The number of nitrogens with one attached hydrogen (secondary N) is 1. The molecule has 0 aliphatic carbocycles. The molecule has 1 aliphatic heterocycles. The van der Waals surface area contributed by atoms with E-state index in [0.717, 1.165) is 27.8 Å². The number of ether oxygens (including phenoxy) is 4. The zero-order valence-electron chi connectivity index (χ0n) is 24.8. The molecule has 0 saturated carbocycles. The summed E-state index contributed by atoms with van der Waals surface area (Å²) in [6, 6.07) is 16.8. The fraction of sp³-hybridized carbons (Fsp3) is 0.312. The van der Waals surface area contributed by atoms with Crippen molar-refractivity contribution in [2.75, 3.05) is 53.8 Å². The Morgan fingerprint density at radius 1 is 0.929 bits per heavy atom. The second-order valence-electron chi connectivity index (χ2n) is 9.30. The third kappa shape index (κ3) is 8.92. The summed E-state index contributed by atoms with van der Waals surface area (Å²) in [6.45, 7) is 6.33. The van der Waals surface area contributed by atoms with Gasteiger partial charge in [-0.15, -0.1) is 11.8 Å². The molecule has 1 aliphatic rings. The van der Waals surface area contributed by atoms with Gasteiger partial charge in [0, 0.05) is 36.1 Å². The molecule has 0 bridgehead atoms. The maximum Gasteiger partial charge on any atom is 0.412 e. The van der Waals surface area contributed by atoms with Crippen LogP contribution in [0.2, 0.25) is 5.02 Å². The van der Waals surface area contributed by atoms with Gasteiger partial charge in [0.05, 0.1) is 27.4 Å². The summed E-state index contributed by atoms with van der Waals surface area (Å²) < 4.78 is 21.1. The smallest absolute Gasteiger partial charge is 0.412 e. The summed E-state index contributed by atoms with van der Waals surface area (Å²) in [7, 11) is 4.72. The van der Waals surface area contributed by atoms with Crippen LogP contribution in [-0.4, -0.2) is 70.7 Å². The second kappa shape index (κ2) is 16.1. The summed E-state index contributed by atoms with van der Waals surface area (Å²) in [5.74, 6) is 1.78. The highest BCUT2D eigenvalue weighted by molar-refractivity contribution is 7.98. The number of morpholine rings is 1. The maximum atomic E-state index is 12.8. The number of hydrogen-bond donors (Lipinski definition) is 1. The minimum Gasteiger partial charge on any atom is -0.493 e. The fourth-order valence-corrected chi connectivity index (χ4v) is 5.30. The van der Waals surface area contributed by atoms with E-state index in [1.807, 2.05) is 74.7 Å². The number of aryl methyl sites for hydroxylation is 2. The van der Waals surface area contributed by atoms with Crippen LogP contribution >= 0.6 is 23.4 Å². The number of nitrogens with zero attached hydrogens (tertiary/aromatic N) is 1. The molecule has 3 aromatic carbocycles. The monoisotopic (exact) mass is 612 g/mol. The predicted molar refractivity (Wildman–Crippen MR) is 168 cm³/mol. The normalized spacial score (nSPS) is 13.0. The Kier molecular flexibility index (Phi) is 12.6. The number of rotatable bonds is 7. The molecule has 1 fully saturated rings. The Morgan fingerprint density at radius 2 is 1.52 bits per heavy atom. The van der Waals surface area contributed by atoms with Crippen molar-refractivity contribution in [3.8, 4) is 17.2 Å². The van der Waals surface area contributed by atoms with Crippen molar-refractivity contribution in [3.05, 3.63) is 87.9 Å². The number of carbonyl (C=O) groups is 2. The highest BCUT2D eigenvalue weighted by Crippen LogP contribution is 2.33. The SMILES string of the molecule is CNC(=O)Oc1cc(C)c(SC)c(C)c1.COc1ccc(/C(=C/C(=O)N2CCOCC2)c2ccc(Cl)cc2)cc1OC. The van der Waals surface area contributed by atoms with Gasteiger partial charge in [0.2, 0.25) is 5.91 Å². The average Bonchev–Trinajstić information content (AvgIpc) is 3.00. The third-order valence-corrected chi connectivity index (χ3v) is 7.80. The first kappa shape index (κ1) is 32.8. The lowest BCUT2D eigenvalue weighted by molar-refractivity contribution is -0.129. The summed E-state index contributed by atoms with van der Waals surface area (Å²) in [4.78, 5) is 26.9. The lowest BCUT2D eigenvalue weighted by Gasteiger charge is -2.26. The first-order chi connectivity index (χ1) is 20.2. The predicted octanol–water partition coefficient (Wildman–Crippen LogP) is 6.39. The Balaban J connectivity index is 0.000000274. The van der Waals surface area contributed by atoms with Gasteiger partial charge in [-0.25, -0.2) is 4.79 Å². The van der Waals surface area contributed by atoms with Crippen molar-refractivity contribution in [2.45, 2.75) is 18.7 Å². The van der Waals surface area contributed by atoms with Crippen LogP contribution in [-0.2, 0) is 9.53 Å². The van der Waals surface area contributed by atoms with Crippen molar-refractivity contribution >= 4 is 40.9 Å². The molecule has 0 radical (unpaired) electrons. The highest BCUT2D eigenvalue weighted by Gasteiger charge is 2.18. The molecule has 8 nitrogen and oxygen atoms in total. The van der Waals surface area contributed by atoms with Crippen LogP contribution in [0.4, 0.5) is 4.79 Å². The largest absolute Gasteiger partial charge is 0.493 e. The standard InChI is InChI=1S/C21H22ClNO4.C11H15NO2S/c1-25-19-8-5-16(13-20(19)26-2)18(15-3-6-17(22)7-4-15)14-21(24)23-9-11-27-12-10-23;1-7-5-9(14-11(13)12-3)6-8(2)10(7)15-4/h3-8,13-14H,9-12H2,1-2H3;5-6H,1-4H3,(H,12,13)/b18-14+;. The lowest BCUT2D eigenvalue weighted by Crippen LogP contribution is -2.39. The molecule has 1 heterocycles. The van der Waals surface area contributed by atoms with Gasteiger partial charge in [0.1, 0.15) is 5.75 Å². The molecule has 10 heteroatoms. The van der Waals surface area contributed by atoms with E-state index in [1.54, 1.807) is 37.0 Å². The number of amides is 2. The number of carbonyl (C=O) groups excluding carboxylic acids is 2. The van der Waals surface area contributed by atoms with Crippen LogP contribution < -0.4 is 19.5 Å². The van der Waals surface area contributed by atoms with E-state index in [2.05, 4.69) is 5.32 Å². The Hall–Kier alpha value is -3.66. The maximum absolute atomic E-state index is 12.8. The van der Waals surface area contributed by atoms with E-state index in [1.165, 1.54) is 11.9 Å². The molecule has 0 unspecified atom stereocenters. The summed E-state index contributed by atoms with van der Waals surface area (Å²) in [5.41, 5.74) is 4.80. The number of methoxy groups -OCH3 is 2. The summed E-state index contributed by atoms with van der Waals surface area (Å²) in [5, 5.41) is 3.06. The quantitative estimate of drug-likeness (QED) is 0.244. The molecular weight excluding hydrogens is 576 g/mol. The average molecular weight is 613 g/mol. The highest BCUT2D eigenvalue weighted by atomic mass is 35.5. The van der Waals surface area contributed by atoms with Crippen molar-refractivity contribution in [2.24, 2.45) is 0 Å². The zero-order valence-corrected chi connectivity index (χ0v) is 26.4. The van der Waals surface area contributed by atoms with Gasteiger partial charge in [-0.1, -0.05) is 29.8 Å². The van der Waals surface area contributed by atoms with Crippen LogP contribution in [0.25, 0.3) is 5.57 Å². The number of thioether (sulfide) groups is 1. The van der Waals surface area contributed by atoms with Crippen LogP contribution in [0, 0.1) is 13.8 Å². The van der Waals surface area contributed by atoms with Gasteiger partial charge in [0.15, 0.2) is 11.5 Å².